The van der Waals surface area contributed by atoms with Crippen molar-refractivity contribution in [1.82, 2.24) is 4.90 Å². The third-order valence-electron chi connectivity index (χ3n) is 5.29. The van der Waals surface area contributed by atoms with Gasteiger partial charge < -0.3 is 4.74 Å². The van der Waals surface area contributed by atoms with Gasteiger partial charge in [0.1, 0.15) is 12.4 Å². The molecule has 1 heterocycles. The van der Waals surface area contributed by atoms with Gasteiger partial charge in [-0.15, -0.1) is 0 Å². The van der Waals surface area contributed by atoms with Crippen LogP contribution in [0.5, 0.6) is 5.75 Å². The molecule has 1 aliphatic rings. The predicted octanol–water partition coefficient (Wildman–Crippen LogP) is 5.78. The molecule has 2 nitrogen and oxygen atoms in total. The van der Waals surface area contributed by atoms with Gasteiger partial charge in [0.25, 0.3) is 0 Å². The number of hydrogen-bond donors (Lipinski definition) is 0. The lowest BCUT2D eigenvalue weighted by Crippen LogP contribution is -2.33. The zero-order valence-electron chi connectivity index (χ0n) is 16.2. The van der Waals surface area contributed by atoms with Gasteiger partial charge in [0.15, 0.2) is 0 Å². The molecule has 0 atom stereocenters. The van der Waals surface area contributed by atoms with Crippen molar-refractivity contribution in [2.45, 2.75) is 39.5 Å². The Hall–Kier alpha value is -2.06. The van der Waals surface area contributed by atoms with Crippen molar-refractivity contribution in [2.75, 3.05) is 26.2 Å². The first-order valence-corrected chi connectivity index (χ1v) is 9.98. The molecular formula is C24H31NO. The quantitative estimate of drug-likeness (QED) is 0.628. The van der Waals surface area contributed by atoms with Crippen molar-refractivity contribution in [2.24, 2.45) is 0 Å². The fourth-order valence-electron chi connectivity index (χ4n) is 3.63. The molecule has 1 saturated heterocycles. The fraction of sp³-hybridized carbons (Fsp3) is 0.417. The Morgan fingerprint density at radius 2 is 1.54 bits per heavy atom. The number of ether oxygens (including phenoxy) is 1. The van der Waals surface area contributed by atoms with Gasteiger partial charge in [-0.1, -0.05) is 61.4 Å². The highest BCUT2D eigenvalue weighted by Gasteiger charge is 2.10. The van der Waals surface area contributed by atoms with E-state index in [1.165, 1.54) is 54.6 Å². The van der Waals surface area contributed by atoms with E-state index < -0.39 is 0 Å². The van der Waals surface area contributed by atoms with Gasteiger partial charge in [-0.3, -0.25) is 4.90 Å². The van der Waals surface area contributed by atoms with Crippen LogP contribution in [-0.2, 0) is 0 Å². The lowest BCUT2D eigenvalue weighted by molar-refractivity contribution is 0.183. The van der Waals surface area contributed by atoms with Gasteiger partial charge in [0, 0.05) is 6.54 Å². The van der Waals surface area contributed by atoms with Crippen molar-refractivity contribution in [3.05, 3.63) is 71.3 Å². The van der Waals surface area contributed by atoms with Crippen molar-refractivity contribution >= 4 is 5.57 Å². The maximum absolute atomic E-state index is 5.98. The molecule has 0 N–H and O–H groups in total. The van der Waals surface area contributed by atoms with Crippen LogP contribution in [0.4, 0.5) is 0 Å². The topological polar surface area (TPSA) is 12.5 Å². The second-order valence-electron chi connectivity index (χ2n) is 7.15. The van der Waals surface area contributed by atoms with Gasteiger partial charge in [-0.2, -0.15) is 0 Å². The van der Waals surface area contributed by atoms with Crippen LogP contribution < -0.4 is 4.74 Å². The predicted molar refractivity (Wildman–Crippen MR) is 111 cm³/mol. The molecule has 0 amide bonds. The molecule has 1 fully saturated rings. The first kappa shape index (κ1) is 18.7. The van der Waals surface area contributed by atoms with E-state index in [1.54, 1.807) is 0 Å². The third-order valence-corrected chi connectivity index (χ3v) is 5.29. The fourth-order valence-corrected chi connectivity index (χ4v) is 3.63. The van der Waals surface area contributed by atoms with Crippen LogP contribution >= 0.6 is 0 Å². The highest BCUT2D eigenvalue weighted by molar-refractivity contribution is 5.82. The second kappa shape index (κ2) is 9.59. The van der Waals surface area contributed by atoms with Crippen LogP contribution in [0, 0.1) is 0 Å². The van der Waals surface area contributed by atoms with E-state index in [-0.39, 0.29) is 0 Å². The van der Waals surface area contributed by atoms with Crippen molar-refractivity contribution in [3.8, 4) is 5.75 Å². The van der Waals surface area contributed by atoms with Crippen LogP contribution in [0.15, 0.2) is 60.2 Å². The van der Waals surface area contributed by atoms with Crippen LogP contribution in [0.1, 0.15) is 50.7 Å². The molecule has 0 bridgehead atoms. The minimum absolute atomic E-state index is 0.773. The van der Waals surface area contributed by atoms with Gasteiger partial charge in [-0.05, 0) is 68.1 Å². The van der Waals surface area contributed by atoms with Crippen molar-refractivity contribution in [1.29, 1.82) is 0 Å². The largest absolute Gasteiger partial charge is 0.492 e. The summed E-state index contributed by atoms with van der Waals surface area (Å²) in [7, 11) is 0. The summed E-state index contributed by atoms with van der Waals surface area (Å²) in [6, 6.07) is 19.3. The Kier molecular flexibility index (Phi) is 6.90. The summed E-state index contributed by atoms with van der Waals surface area (Å²) in [6.07, 6.45) is 5.10. The summed E-state index contributed by atoms with van der Waals surface area (Å²) in [4.78, 5) is 2.51. The lowest BCUT2D eigenvalue weighted by Gasteiger charge is -2.26. The second-order valence-corrected chi connectivity index (χ2v) is 7.15. The normalized spacial score (nSPS) is 16.2. The number of benzene rings is 2. The first-order chi connectivity index (χ1) is 12.8. The number of likely N-dealkylation sites (tertiary alicyclic amines) is 1. The maximum Gasteiger partial charge on any atom is 0.119 e. The number of piperidine rings is 1. The van der Waals surface area contributed by atoms with Crippen LogP contribution in [0.3, 0.4) is 0 Å². The minimum atomic E-state index is 0.773. The molecule has 0 aromatic heterocycles. The molecule has 2 aromatic carbocycles. The highest BCUT2D eigenvalue weighted by atomic mass is 16.5. The number of nitrogens with zero attached hydrogens (tertiary/aromatic N) is 1. The van der Waals surface area contributed by atoms with Gasteiger partial charge in [-0.25, -0.2) is 0 Å². The van der Waals surface area contributed by atoms with Gasteiger partial charge in [0.05, 0.1) is 0 Å². The SMILES string of the molecule is CCC(C)=C(c1ccccc1)c1ccc(OCCN2CCCCC2)cc1. The minimum Gasteiger partial charge on any atom is -0.492 e. The summed E-state index contributed by atoms with van der Waals surface area (Å²) in [5, 5.41) is 0. The molecule has 0 unspecified atom stereocenters. The number of hydrogen-bond acceptors (Lipinski definition) is 2. The number of rotatable bonds is 7. The van der Waals surface area contributed by atoms with Crippen LogP contribution in [0.2, 0.25) is 0 Å². The molecule has 0 spiro atoms. The molecule has 2 aromatic rings. The van der Waals surface area contributed by atoms with Gasteiger partial charge >= 0.3 is 0 Å². The summed E-state index contributed by atoms with van der Waals surface area (Å²) >= 11 is 0. The molecule has 2 heteroatoms. The Labute approximate surface area is 158 Å². The van der Waals surface area contributed by atoms with Gasteiger partial charge in [0.2, 0.25) is 0 Å². The molecular weight excluding hydrogens is 318 g/mol. The van der Waals surface area contributed by atoms with Crippen molar-refractivity contribution in [3.63, 3.8) is 0 Å². The van der Waals surface area contributed by atoms with E-state index in [2.05, 4.69) is 73.3 Å². The Bertz CT molecular complexity index is 697. The zero-order chi connectivity index (χ0) is 18.2. The van der Waals surface area contributed by atoms with E-state index in [0.29, 0.717) is 0 Å². The first-order valence-electron chi connectivity index (χ1n) is 9.98. The summed E-state index contributed by atoms with van der Waals surface area (Å²) < 4.78 is 5.98. The molecule has 26 heavy (non-hydrogen) atoms. The molecule has 1 aliphatic heterocycles. The Balaban J connectivity index is 1.65. The van der Waals surface area contributed by atoms with E-state index in [0.717, 1.165) is 25.3 Å². The van der Waals surface area contributed by atoms with E-state index >= 15 is 0 Å². The number of allylic oxidation sites excluding steroid dienone is 1. The Morgan fingerprint density at radius 3 is 2.19 bits per heavy atom. The maximum atomic E-state index is 5.98. The van der Waals surface area contributed by atoms with Crippen LogP contribution in [-0.4, -0.2) is 31.1 Å². The van der Waals surface area contributed by atoms with E-state index in [1.807, 2.05) is 0 Å². The van der Waals surface area contributed by atoms with Crippen molar-refractivity contribution < 1.29 is 4.74 Å². The molecule has 138 valence electrons. The van der Waals surface area contributed by atoms with E-state index in [9.17, 15) is 0 Å². The highest BCUT2D eigenvalue weighted by Crippen LogP contribution is 2.29. The molecule has 0 aliphatic carbocycles. The molecule has 0 radical (unpaired) electrons. The third kappa shape index (κ3) is 4.98. The summed E-state index contributed by atoms with van der Waals surface area (Å²) in [5.74, 6) is 0.965. The standard InChI is InChI=1S/C24H31NO/c1-3-20(2)24(21-10-6-4-7-11-21)22-12-14-23(15-13-22)26-19-18-25-16-8-5-9-17-25/h4,6-7,10-15H,3,5,8-9,16-19H2,1-2H3. The van der Waals surface area contributed by atoms with Crippen LogP contribution in [0.25, 0.3) is 5.57 Å². The smallest absolute Gasteiger partial charge is 0.119 e. The summed E-state index contributed by atoms with van der Waals surface area (Å²) in [5.41, 5.74) is 5.30. The Morgan fingerprint density at radius 1 is 0.885 bits per heavy atom. The monoisotopic (exact) mass is 349 g/mol. The molecule has 0 saturated carbocycles. The molecule has 3 rings (SSSR count). The zero-order valence-corrected chi connectivity index (χ0v) is 16.2. The average Bonchev–Trinajstić information content (AvgIpc) is 2.71. The summed E-state index contributed by atoms with van der Waals surface area (Å²) in [6.45, 7) is 8.70. The average molecular weight is 350 g/mol. The lowest BCUT2D eigenvalue weighted by atomic mass is 9.92. The van der Waals surface area contributed by atoms with E-state index in [4.69, 9.17) is 4.74 Å².